The Hall–Kier alpha value is -3.07. The molecule has 1 fully saturated rings. The molecule has 2 atom stereocenters. The summed E-state index contributed by atoms with van der Waals surface area (Å²) in [6.07, 6.45) is 1.55. The van der Waals surface area contributed by atoms with E-state index in [0.29, 0.717) is 25.8 Å². The number of nitrogens with one attached hydrogen (secondary N) is 1. The van der Waals surface area contributed by atoms with E-state index in [9.17, 15) is 27.9 Å². The molecule has 9 heteroatoms. The lowest BCUT2D eigenvalue weighted by Gasteiger charge is -2.42. The second-order valence-electron chi connectivity index (χ2n) is 9.02. The normalized spacial score (nSPS) is 25.5. The van der Waals surface area contributed by atoms with Crippen molar-refractivity contribution in [3.63, 3.8) is 0 Å². The van der Waals surface area contributed by atoms with Crippen LogP contribution in [0.3, 0.4) is 0 Å². The van der Waals surface area contributed by atoms with Crippen molar-refractivity contribution in [1.82, 2.24) is 4.90 Å². The number of ketones is 1. The Bertz CT molecular complexity index is 1190. The third-order valence-corrected chi connectivity index (χ3v) is 6.84. The molecule has 1 saturated heterocycles. The topological polar surface area (TPSA) is 69.6 Å². The Labute approximate surface area is 197 Å². The first-order chi connectivity index (χ1) is 16.1. The van der Waals surface area contributed by atoms with Crippen molar-refractivity contribution in [2.24, 2.45) is 0 Å². The molecule has 1 amide bonds. The number of carbonyl (C=O) groups is 2. The fraction of sp³-hybridized carbons (Fsp3) is 0.360. The predicted molar refractivity (Wildman–Crippen MR) is 123 cm³/mol. The van der Waals surface area contributed by atoms with Gasteiger partial charge in [-0.05, 0) is 62.9 Å². The molecule has 2 aromatic carbocycles. The number of hydrogen-bond donors (Lipinski definition) is 2. The number of aliphatic hydroxyl groups excluding tert-OH is 1. The number of carbonyl (C=O) groups excluding carboxylic acids is 2. The number of anilines is 1. The maximum absolute atomic E-state index is 14.4. The number of fused-ring (bicyclic) bond motifs is 1. The SMILES string of the molecule is [B]c1ccc(NC(=O)/C2=C(\O)[C@@]3(C)CCCN3C(Cc3cccc(F)c3F)CCC2=O)cc1F. The van der Waals surface area contributed by atoms with Crippen LogP contribution in [0.5, 0.6) is 0 Å². The van der Waals surface area contributed by atoms with Crippen molar-refractivity contribution < 1.29 is 27.9 Å². The van der Waals surface area contributed by atoms with Crippen molar-refractivity contribution in [2.45, 2.75) is 50.6 Å². The Morgan fingerprint density at radius 2 is 2.00 bits per heavy atom. The fourth-order valence-corrected chi connectivity index (χ4v) is 5.01. The van der Waals surface area contributed by atoms with Crippen molar-refractivity contribution >= 4 is 30.7 Å². The Morgan fingerprint density at radius 1 is 1.24 bits per heavy atom. The lowest BCUT2D eigenvalue weighted by molar-refractivity contribution is -0.121. The highest BCUT2D eigenvalue weighted by atomic mass is 19.2. The van der Waals surface area contributed by atoms with Gasteiger partial charge in [-0.3, -0.25) is 14.5 Å². The van der Waals surface area contributed by atoms with Crippen LogP contribution in [0.2, 0.25) is 0 Å². The van der Waals surface area contributed by atoms with Crippen LogP contribution >= 0.6 is 0 Å². The van der Waals surface area contributed by atoms with E-state index < -0.39 is 34.7 Å². The summed E-state index contributed by atoms with van der Waals surface area (Å²) in [5.41, 5.74) is -1.21. The molecule has 0 saturated carbocycles. The van der Waals surface area contributed by atoms with E-state index in [4.69, 9.17) is 7.85 Å². The zero-order valence-corrected chi connectivity index (χ0v) is 18.7. The maximum Gasteiger partial charge on any atom is 0.262 e. The van der Waals surface area contributed by atoms with Gasteiger partial charge in [0.15, 0.2) is 17.4 Å². The highest BCUT2D eigenvalue weighted by Crippen LogP contribution is 2.41. The van der Waals surface area contributed by atoms with Crippen LogP contribution in [0, 0.1) is 17.5 Å². The quantitative estimate of drug-likeness (QED) is 0.533. The van der Waals surface area contributed by atoms with Crippen molar-refractivity contribution in [3.8, 4) is 0 Å². The lowest BCUT2D eigenvalue weighted by atomic mass is 9.84. The van der Waals surface area contributed by atoms with E-state index in [1.54, 1.807) is 6.92 Å². The third kappa shape index (κ3) is 4.36. The molecular weight excluding hydrogens is 444 g/mol. The van der Waals surface area contributed by atoms with Crippen molar-refractivity contribution in [2.75, 3.05) is 11.9 Å². The molecule has 2 heterocycles. The van der Waals surface area contributed by atoms with Gasteiger partial charge in [0, 0.05) is 18.2 Å². The van der Waals surface area contributed by atoms with E-state index >= 15 is 0 Å². The number of aliphatic hydroxyl groups is 1. The summed E-state index contributed by atoms with van der Waals surface area (Å²) in [6, 6.07) is 7.37. The summed E-state index contributed by atoms with van der Waals surface area (Å²) < 4.78 is 41.9. The zero-order chi connectivity index (χ0) is 24.6. The molecule has 0 aliphatic carbocycles. The molecule has 2 aromatic rings. The number of amides is 1. The van der Waals surface area contributed by atoms with Crippen LogP contribution in [0.15, 0.2) is 47.7 Å². The molecule has 2 aliphatic heterocycles. The van der Waals surface area contributed by atoms with Gasteiger partial charge in [-0.2, -0.15) is 0 Å². The van der Waals surface area contributed by atoms with Gasteiger partial charge in [0.25, 0.3) is 5.91 Å². The Morgan fingerprint density at radius 3 is 2.74 bits per heavy atom. The lowest BCUT2D eigenvalue weighted by Crippen LogP contribution is -2.52. The van der Waals surface area contributed by atoms with Gasteiger partial charge in [0.05, 0.1) is 5.54 Å². The summed E-state index contributed by atoms with van der Waals surface area (Å²) >= 11 is 0. The van der Waals surface area contributed by atoms with E-state index in [1.165, 1.54) is 24.3 Å². The van der Waals surface area contributed by atoms with Gasteiger partial charge in [-0.15, -0.1) is 0 Å². The number of Topliss-reactive ketones (excluding diaryl/α,β-unsaturated/α-hetero) is 1. The molecule has 2 radical (unpaired) electrons. The summed E-state index contributed by atoms with van der Waals surface area (Å²) in [5.74, 6) is -4.36. The largest absolute Gasteiger partial charge is 0.509 e. The van der Waals surface area contributed by atoms with Crippen LogP contribution in [0.25, 0.3) is 0 Å². The Balaban J connectivity index is 1.67. The zero-order valence-electron chi connectivity index (χ0n) is 18.7. The summed E-state index contributed by atoms with van der Waals surface area (Å²) in [5, 5.41) is 13.7. The molecule has 1 unspecified atom stereocenters. The van der Waals surface area contributed by atoms with Crippen LogP contribution in [0.4, 0.5) is 18.9 Å². The minimum Gasteiger partial charge on any atom is -0.509 e. The van der Waals surface area contributed by atoms with Gasteiger partial charge in [0.2, 0.25) is 0 Å². The number of rotatable bonds is 4. The summed E-state index contributed by atoms with van der Waals surface area (Å²) in [4.78, 5) is 28.0. The van der Waals surface area contributed by atoms with E-state index in [2.05, 4.69) is 5.32 Å². The van der Waals surface area contributed by atoms with Crippen LogP contribution in [0.1, 0.15) is 38.2 Å². The minimum atomic E-state index is -1.04. The fourth-order valence-electron chi connectivity index (χ4n) is 5.01. The molecule has 2 aliphatic rings. The first-order valence-electron chi connectivity index (χ1n) is 11.1. The van der Waals surface area contributed by atoms with E-state index in [1.807, 2.05) is 4.90 Å². The summed E-state index contributed by atoms with van der Waals surface area (Å²) in [7, 11) is 5.47. The number of hydrogen-bond acceptors (Lipinski definition) is 4. The number of benzene rings is 2. The highest BCUT2D eigenvalue weighted by Gasteiger charge is 2.48. The molecule has 4 rings (SSSR count). The van der Waals surface area contributed by atoms with Gasteiger partial charge >= 0.3 is 0 Å². The monoisotopic (exact) mass is 468 g/mol. The Kier molecular flexibility index (Phi) is 6.58. The van der Waals surface area contributed by atoms with Crippen LogP contribution in [-0.4, -0.2) is 47.7 Å². The average molecular weight is 468 g/mol. The second kappa shape index (κ2) is 9.29. The maximum atomic E-state index is 14.4. The van der Waals surface area contributed by atoms with Gasteiger partial charge in [-0.25, -0.2) is 13.2 Å². The third-order valence-electron chi connectivity index (χ3n) is 6.84. The first kappa shape index (κ1) is 24.1. The van der Waals surface area contributed by atoms with Gasteiger partial charge < -0.3 is 10.4 Å². The number of halogens is 3. The molecule has 176 valence electrons. The van der Waals surface area contributed by atoms with E-state index in [-0.39, 0.29) is 46.9 Å². The predicted octanol–water partition coefficient (Wildman–Crippen LogP) is 3.48. The molecule has 2 N–H and O–H groups in total. The molecule has 34 heavy (non-hydrogen) atoms. The highest BCUT2D eigenvalue weighted by molar-refractivity contribution is 6.32. The van der Waals surface area contributed by atoms with E-state index in [0.717, 1.165) is 12.1 Å². The molecule has 0 aromatic heterocycles. The first-order valence-corrected chi connectivity index (χ1v) is 11.1. The molecule has 5 nitrogen and oxygen atoms in total. The summed E-state index contributed by atoms with van der Waals surface area (Å²) in [6.45, 7) is 2.30. The van der Waals surface area contributed by atoms with Crippen molar-refractivity contribution in [3.05, 3.63) is 70.7 Å². The second-order valence-corrected chi connectivity index (χ2v) is 9.02. The smallest absolute Gasteiger partial charge is 0.262 e. The minimum absolute atomic E-state index is 0.0723. The van der Waals surface area contributed by atoms with Gasteiger partial charge in [0.1, 0.15) is 25.0 Å². The molecule has 0 spiro atoms. The van der Waals surface area contributed by atoms with Crippen LogP contribution < -0.4 is 10.8 Å². The molecular formula is C25H24BF3N2O3. The average Bonchev–Trinajstić information content (AvgIpc) is 3.18. The van der Waals surface area contributed by atoms with Gasteiger partial charge in [-0.1, -0.05) is 23.7 Å². The molecule has 0 bridgehead atoms. The van der Waals surface area contributed by atoms with Crippen molar-refractivity contribution in [1.29, 1.82) is 0 Å². The van der Waals surface area contributed by atoms with Crippen LogP contribution in [-0.2, 0) is 16.0 Å². The number of nitrogens with zero attached hydrogens (tertiary/aromatic N) is 1. The standard InChI is InChI=1S/C25H24BF3N2O3/c1-25-10-3-11-31(25)16(12-14-4-2-5-18(27)22(14)29)7-9-20(32)21(23(25)33)24(34)30-15-6-8-17(26)19(28)13-15/h2,4-6,8,13,16,33H,3,7,9-12H2,1H3,(H,30,34)/b23-21-/t16?,25-/m1/s1.